The summed E-state index contributed by atoms with van der Waals surface area (Å²) in [4.78, 5) is 0. The molecule has 2 saturated carbocycles. The molecule has 0 bridgehead atoms. The van der Waals surface area contributed by atoms with Gasteiger partial charge in [-0.2, -0.15) is 0 Å². The summed E-state index contributed by atoms with van der Waals surface area (Å²) in [6, 6.07) is 0. The topological polar surface area (TPSA) is 32.3 Å². The van der Waals surface area contributed by atoms with E-state index < -0.39 is 0 Å². The Balaban J connectivity index is 1.64. The number of aliphatic hydroxyl groups excluding tert-OH is 1. The van der Waals surface area contributed by atoms with Crippen molar-refractivity contribution in [2.24, 2.45) is 17.3 Å². The minimum atomic E-state index is 0.276. The number of hydrogen-bond acceptors (Lipinski definition) is 2. The summed E-state index contributed by atoms with van der Waals surface area (Å²) < 4.78 is 0. The third kappa shape index (κ3) is 2.94. The first kappa shape index (κ1) is 11.4. The Bertz CT molecular complexity index is 201. The van der Waals surface area contributed by atoms with Crippen molar-refractivity contribution in [1.29, 1.82) is 0 Å². The highest BCUT2D eigenvalue weighted by Gasteiger charge is 2.41. The molecule has 0 heterocycles. The van der Waals surface area contributed by atoms with Crippen molar-refractivity contribution in [1.82, 2.24) is 5.32 Å². The van der Waals surface area contributed by atoms with Crippen LogP contribution in [0.15, 0.2) is 0 Å². The van der Waals surface area contributed by atoms with Gasteiger partial charge in [-0.3, -0.25) is 0 Å². The lowest BCUT2D eigenvalue weighted by Gasteiger charge is -2.29. The van der Waals surface area contributed by atoms with Crippen LogP contribution in [0.25, 0.3) is 0 Å². The second-order valence-electron chi connectivity index (χ2n) is 5.81. The summed E-state index contributed by atoms with van der Waals surface area (Å²) in [5, 5.41) is 12.8. The largest absolute Gasteiger partial charge is 0.396 e. The fraction of sp³-hybridized carbons (Fsp3) is 1.00. The van der Waals surface area contributed by atoms with Crippen LogP contribution in [-0.2, 0) is 0 Å². The monoisotopic (exact) mass is 211 g/mol. The normalized spacial score (nSPS) is 34.0. The van der Waals surface area contributed by atoms with Gasteiger partial charge in [-0.1, -0.05) is 26.2 Å². The van der Waals surface area contributed by atoms with Crippen molar-refractivity contribution >= 4 is 0 Å². The maximum absolute atomic E-state index is 9.21. The fourth-order valence-electron chi connectivity index (χ4n) is 2.79. The minimum Gasteiger partial charge on any atom is -0.396 e. The van der Waals surface area contributed by atoms with E-state index in [1.165, 1.54) is 45.1 Å². The van der Waals surface area contributed by atoms with Gasteiger partial charge in [0.15, 0.2) is 0 Å². The van der Waals surface area contributed by atoms with Crippen LogP contribution in [0.1, 0.15) is 45.4 Å². The Morgan fingerprint density at radius 1 is 1.27 bits per heavy atom. The van der Waals surface area contributed by atoms with Gasteiger partial charge in [0.1, 0.15) is 0 Å². The van der Waals surface area contributed by atoms with Crippen molar-refractivity contribution in [3.05, 3.63) is 0 Å². The van der Waals surface area contributed by atoms with Crippen LogP contribution >= 0.6 is 0 Å². The van der Waals surface area contributed by atoms with E-state index >= 15 is 0 Å². The molecule has 0 aromatic carbocycles. The van der Waals surface area contributed by atoms with Crippen molar-refractivity contribution in [3.8, 4) is 0 Å². The van der Waals surface area contributed by atoms with Crippen molar-refractivity contribution in [3.63, 3.8) is 0 Å². The van der Waals surface area contributed by atoms with Crippen LogP contribution in [0, 0.1) is 17.3 Å². The van der Waals surface area contributed by atoms with Crippen LogP contribution in [0.5, 0.6) is 0 Å². The second-order valence-corrected chi connectivity index (χ2v) is 5.81. The molecular weight excluding hydrogens is 186 g/mol. The van der Waals surface area contributed by atoms with Gasteiger partial charge in [0, 0.05) is 18.6 Å². The molecule has 0 aliphatic heterocycles. The van der Waals surface area contributed by atoms with Gasteiger partial charge in [0.25, 0.3) is 0 Å². The van der Waals surface area contributed by atoms with Crippen LogP contribution in [-0.4, -0.2) is 24.8 Å². The smallest absolute Gasteiger partial charge is 0.0499 e. The van der Waals surface area contributed by atoms with E-state index in [-0.39, 0.29) is 5.41 Å². The predicted octanol–water partition coefficient (Wildman–Crippen LogP) is 2.17. The molecule has 2 aliphatic rings. The van der Waals surface area contributed by atoms with Crippen LogP contribution < -0.4 is 5.32 Å². The van der Waals surface area contributed by atoms with Crippen molar-refractivity contribution < 1.29 is 5.11 Å². The molecule has 2 heteroatoms. The van der Waals surface area contributed by atoms with Crippen LogP contribution in [0.2, 0.25) is 0 Å². The summed E-state index contributed by atoms with van der Waals surface area (Å²) in [5.74, 6) is 1.78. The molecule has 0 unspecified atom stereocenters. The molecule has 0 amide bonds. The molecule has 2 aliphatic carbocycles. The number of aliphatic hydroxyl groups is 1. The fourth-order valence-corrected chi connectivity index (χ4v) is 2.79. The van der Waals surface area contributed by atoms with E-state index in [2.05, 4.69) is 12.2 Å². The first-order valence-electron chi connectivity index (χ1n) is 6.57. The molecule has 15 heavy (non-hydrogen) atoms. The predicted molar refractivity (Wildman–Crippen MR) is 62.7 cm³/mol. The first-order valence-corrected chi connectivity index (χ1v) is 6.57. The van der Waals surface area contributed by atoms with Gasteiger partial charge in [0.05, 0.1) is 0 Å². The Morgan fingerprint density at radius 2 is 2.00 bits per heavy atom. The number of nitrogens with one attached hydrogen (secondary N) is 1. The van der Waals surface area contributed by atoms with Gasteiger partial charge in [-0.15, -0.1) is 0 Å². The van der Waals surface area contributed by atoms with Crippen LogP contribution in [0.3, 0.4) is 0 Å². The molecular formula is C13H25NO. The minimum absolute atomic E-state index is 0.276. The molecule has 2 atom stereocenters. The van der Waals surface area contributed by atoms with E-state index in [1.54, 1.807) is 0 Å². The molecule has 0 aromatic heterocycles. The Morgan fingerprint density at radius 3 is 2.60 bits per heavy atom. The lowest BCUT2D eigenvalue weighted by molar-refractivity contribution is 0.196. The summed E-state index contributed by atoms with van der Waals surface area (Å²) in [5.41, 5.74) is 0.276. The van der Waals surface area contributed by atoms with Gasteiger partial charge in [-0.25, -0.2) is 0 Å². The lowest BCUT2D eigenvalue weighted by atomic mass is 9.80. The van der Waals surface area contributed by atoms with E-state index in [1.807, 2.05) is 0 Å². The third-order valence-electron chi connectivity index (χ3n) is 4.49. The molecule has 0 radical (unpaired) electrons. The van der Waals surface area contributed by atoms with Crippen molar-refractivity contribution in [2.45, 2.75) is 45.4 Å². The molecule has 2 N–H and O–H groups in total. The summed E-state index contributed by atoms with van der Waals surface area (Å²) in [6.07, 6.45) is 8.10. The maximum Gasteiger partial charge on any atom is 0.0499 e. The SMILES string of the molecule is C[C@@H]1CCCC[C@@H]1CNCC1(CO)CC1. The Hall–Kier alpha value is -0.0800. The third-order valence-corrected chi connectivity index (χ3v) is 4.49. The average Bonchev–Trinajstić information content (AvgIpc) is 3.02. The molecule has 2 rings (SSSR count). The second kappa shape index (κ2) is 4.84. The quantitative estimate of drug-likeness (QED) is 0.730. The van der Waals surface area contributed by atoms with Gasteiger partial charge in [-0.05, 0) is 37.6 Å². The zero-order valence-electron chi connectivity index (χ0n) is 9.97. The Kier molecular flexibility index (Phi) is 3.68. The molecule has 2 fully saturated rings. The van der Waals surface area contributed by atoms with E-state index in [0.717, 1.165) is 18.4 Å². The summed E-state index contributed by atoms with van der Waals surface area (Å²) >= 11 is 0. The molecule has 0 saturated heterocycles. The zero-order chi connectivity index (χ0) is 10.7. The zero-order valence-corrected chi connectivity index (χ0v) is 9.97. The van der Waals surface area contributed by atoms with Gasteiger partial charge in [0.2, 0.25) is 0 Å². The summed E-state index contributed by atoms with van der Waals surface area (Å²) in [6.45, 7) is 4.97. The average molecular weight is 211 g/mol. The van der Waals surface area contributed by atoms with E-state index in [4.69, 9.17) is 0 Å². The number of hydrogen-bond donors (Lipinski definition) is 2. The first-order chi connectivity index (χ1) is 7.26. The standard InChI is InChI=1S/C13H25NO/c1-11-4-2-3-5-12(11)8-14-9-13(10-15)6-7-13/h11-12,14-15H,2-10H2,1H3/t11-,12-/m1/s1. The highest BCUT2D eigenvalue weighted by molar-refractivity contribution is 4.94. The molecule has 88 valence electrons. The van der Waals surface area contributed by atoms with Gasteiger partial charge < -0.3 is 10.4 Å². The van der Waals surface area contributed by atoms with Crippen LogP contribution in [0.4, 0.5) is 0 Å². The van der Waals surface area contributed by atoms with E-state index in [9.17, 15) is 5.11 Å². The number of rotatable bonds is 5. The summed E-state index contributed by atoms with van der Waals surface area (Å²) in [7, 11) is 0. The maximum atomic E-state index is 9.21. The van der Waals surface area contributed by atoms with E-state index in [0.29, 0.717) is 6.61 Å². The molecule has 0 spiro atoms. The van der Waals surface area contributed by atoms with Gasteiger partial charge >= 0.3 is 0 Å². The lowest BCUT2D eigenvalue weighted by Crippen LogP contribution is -2.34. The highest BCUT2D eigenvalue weighted by atomic mass is 16.3. The molecule has 2 nitrogen and oxygen atoms in total. The highest BCUT2D eigenvalue weighted by Crippen LogP contribution is 2.44. The molecule has 0 aromatic rings. The van der Waals surface area contributed by atoms with Crippen molar-refractivity contribution in [2.75, 3.05) is 19.7 Å². The Labute approximate surface area is 93.5 Å².